The maximum absolute atomic E-state index is 12.6. The summed E-state index contributed by atoms with van der Waals surface area (Å²) in [7, 11) is 0. The van der Waals surface area contributed by atoms with E-state index in [1.807, 2.05) is 0 Å². The van der Waals surface area contributed by atoms with Gasteiger partial charge in [-0.2, -0.15) is 13.2 Å². The maximum Gasteiger partial charge on any atom is 0.433 e. The molecule has 0 amide bonds. The van der Waals surface area contributed by atoms with Crippen LogP contribution in [0.2, 0.25) is 0 Å². The summed E-state index contributed by atoms with van der Waals surface area (Å²) >= 11 is 5.78. The Kier molecular flexibility index (Phi) is 4.44. The molecule has 9 heteroatoms. The van der Waals surface area contributed by atoms with Crippen LogP contribution in [-0.2, 0) is 11.0 Å². The summed E-state index contributed by atoms with van der Waals surface area (Å²) in [5.41, 5.74) is -1.67. The summed E-state index contributed by atoms with van der Waals surface area (Å²) in [4.78, 5) is 21.3. The molecule has 1 atom stereocenters. The first kappa shape index (κ1) is 15.0. The lowest BCUT2D eigenvalue weighted by molar-refractivity contribution is -0.141. The fraction of sp³-hybridized carbons (Fsp3) is 0.545. The molecule has 1 aliphatic heterocycles. The number of alkyl halides is 4. The standard InChI is InChI=1S/C11H12ClF3N4O/c12-9(7-20)18-3-5-19(6-4-18)10-16-2-1-8(17-10)11(13,14)15/h1-2,7,9H,3-6H2. The van der Waals surface area contributed by atoms with Crippen LogP contribution in [0.15, 0.2) is 12.3 Å². The molecule has 20 heavy (non-hydrogen) atoms. The van der Waals surface area contributed by atoms with Crippen molar-refractivity contribution in [1.29, 1.82) is 0 Å². The van der Waals surface area contributed by atoms with E-state index < -0.39 is 17.4 Å². The first-order valence-electron chi connectivity index (χ1n) is 5.90. The molecular weight excluding hydrogens is 297 g/mol. The summed E-state index contributed by atoms with van der Waals surface area (Å²) in [5.74, 6) is 0.0386. The molecule has 1 fully saturated rings. The van der Waals surface area contributed by atoms with Crippen molar-refractivity contribution in [1.82, 2.24) is 14.9 Å². The van der Waals surface area contributed by atoms with E-state index in [2.05, 4.69) is 9.97 Å². The second-order valence-corrected chi connectivity index (χ2v) is 4.72. The Bertz CT molecular complexity index is 477. The van der Waals surface area contributed by atoms with Gasteiger partial charge in [-0.25, -0.2) is 9.97 Å². The van der Waals surface area contributed by atoms with Gasteiger partial charge >= 0.3 is 6.18 Å². The average Bonchev–Trinajstić information content (AvgIpc) is 2.46. The maximum atomic E-state index is 12.6. The van der Waals surface area contributed by atoms with Gasteiger partial charge in [-0.05, 0) is 6.07 Å². The summed E-state index contributed by atoms with van der Waals surface area (Å²) < 4.78 is 37.7. The lowest BCUT2D eigenvalue weighted by Gasteiger charge is -2.35. The number of nitrogens with zero attached hydrogens (tertiary/aromatic N) is 4. The smallest absolute Gasteiger partial charge is 0.338 e. The molecule has 0 saturated carbocycles. The van der Waals surface area contributed by atoms with E-state index in [0.29, 0.717) is 32.5 Å². The number of anilines is 1. The minimum atomic E-state index is -4.49. The first-order chi connectivity index (χ1) is 9.41. The summed E-state index contributed by atoms with van der Waals surface area (Å²) in [5, 5.41) is 0. The molecule has 1 aliphatic rings. The van der Waals surface area contributed by atoms with Crippen molar-refractivity contribution >= 4 is 23.8 Å². The van der Waals surface area contributed by atoms with E-state index in [4.69, 9.17) is 11.6 Å². The second-order valence-electron chi connectivity index (χ2n) is 4.27. The van der Waals surface area contributed by atoms with Crippen LogP contribution in [0.25, 0.3) is 0 Å². The number of carbonyl (C=O) groups excluding carboxylic acids is 1. The average molecular weight is 309 g/mol. The first-order valence-corrected chi connectivity index (χ1v) is 6.34. The molecule has 2 rings (SSSR count). The van der Waals surface area contributed by atoms with Crippen LogP contribution in [0.4, 0.5) is 19.1 Å². The zero-order chi connectivity index (χ0) is 14.8. The van der Waals surface area contributed by atoms with Gasteiger partial charge in [0.25, 0.3) is 0 Å². The van der Waals surface area contributed by atoms with Crippen LogP contribution < -0.4 is 4.90 Å². The Morgan fingerprint density at radius 3 is 2.50 bits per heavy atom. The molecule has 0 N–H and O–H groups in total. The minimum Gasteiger partial charge on any atom is -0.338 e. The van der Waals surface area contributed by atoms with Gasteiger partial charge in [-0.3, -0.25) is 4.90 Å². The number of carbonyl (C=O) groups is 1. The molecule has 1 aromatic heterocycles. The summed E-state index contributed by atoms with van der Waals surface area (Å²) in [6, 6.07) is 0.834. The van der Waals surface area contributed by atoms with E-state index in [0.717, 1.165) is 12.3 Å². The van der Waals surface area contributed by atoms with Crippen molar-refractivity contribution in [3.8, 4) is 0 Å². The van der Waals surface area contributed by atoms with E-state index >= 15 is 0 Å². The Labute approximate surface area is 118 Å². The lowest BCUT2D eigenvalue weighted by Crippen LogP contribution is -2.49. The van der Waals surface area contributed by atoms with Crippen molar-refractivity contribution in [3.05, 3.63) is 18.0 Å². The van der Waals surface area contributed by atoms with Crippen molar-refractivity contribution in [2.45, 2.75) is 11.7 Å². The zero-order valence-corrected chi connectivity index (χ0v) is 11.1. The monoisotopic (exact) mass is 308 g/mol. The minimum absolute atomic E-state index is 0.0386. The fourth-order valence-corrected chi connectivity index (χ4v) is 2.11. The molecule has 5 nitrogen and oxygen atoms in total. The summed E-state index contributed by atoms with van der Waals surface area (Å²) in [6.45, 7) is 1.76. The Morgan fingerprint density at radius 1 is 1.30 bits per heavy atom. The van der Waals surface area contributed by atoms with Gasteiger partial charge in [0.2, 0.25) is 5.95 Å². The quantitative estimate of drug-likeness (QED) is 0.480. The Morgan fingerprint density at radius 2 is 1.95 bits per heavy atom. The van der Waals surface area contributed by atoms with Crippen LogP contribution in [-0.4, -0.2) is 52.8 Å². The van der Waals surface area contributed by atoms with Crippen molar-refractivity contribution in [2.24, 2.45) is 0 Å². The van der Waals surface area contributed by atoms with Crippen LogP contribution in [0.1, 0.15) is 5.69 Å². The van der Waals surface area contributed by atoms with Gasteiger partial charge in [-0.1, -0.05) is 11.6 Å². The van der Waals surface area contributed by atoms with E-state index in [1.165, 1.54) is 0 Å². The number of rotatable bonds is 3. The highest BCUT2D eigenvalue weighted by Crippen LogP contribution is 2.28. The van der Waals surface area contributed by atoms with Gasteiger partial charge in [0.15, 0.2) is 6.29 Å². The largest absolute Gasteiger partial charge is 0.433 e. The predicted octanol–water partition coefficient (Wildman–Crippen LogP) is 1.38. The fourth-order valence-electron chi connectivity index (χ4n) is 1.91. The third kappa shape index (κ3) is 3.37. The van der Waals surface area contributed by atoms with Crippen molar-refractivity contribution in [3.63, 3.8) is 0 Å². The number of piperazine rings is 1. The van der Waals surface area contributed by atoms with Crippen LogP contribution in [0.3, 0.4) is 0 Å². The Hall–Kier alpha value is -1.41. The van der Waals surface area contributed by atoms with Crippen LogP contribution in [0.5, 0.6) is 0 Å². The lowest BCUT2D eigenvalue weighted by atomic mass is 10.3. The van der Waals surface area contributed by atoms with E-state index in [1.54, 1.807) is 9.80 Å². The van der Waals surface area contributed by atoms with E-state index in [9.17, 15) is 18.0 Å². The molecule has 0 aromatic carbocycles. The molecule has 0 aliphatic carbocycles. The molecular formula is C11H12ClF3N4O. The van der Waals surface area contributed by atoms with Gasteiger partial charge < -0.3 is 9.69 Å². The number of halogens is 4. The Balaban J connectivity index is 2.06. The highest BCUT2D eigenvalue weighted by Gasteiger charge is 2.33. The SMILES string of the molecule is O=CC(Cl)N1CCN(c2nccc(C(F)(F)F)n2)CC1. The molecule has 0 radical (unpaired) electrons. The molecule has 110 valence electrons. The zero-order valence-electron chi connectivity index (χ0n) is 10.3. The molecule has 0 spiro atoms. The molecule has 0 bridgehead atoms. The van der Waals surface area contributed by atoms with Gasteiger partial charge in [0, 0.05) is 32.4 Å². The molecule has 1 unspecified atom stereocenters. The molecule has 1 saturated heterocycles. The number of hydrogen-bond donors (Lipinski definition) is 0. The highest BCUT2D eigenvalue weighted by molar-refractivity contribution is 6.27. The van der Waals surface area contributed by atoms with Crippen LogP contribution in [0, 0.1) is 0 Å². The van der Waals surface area contributed by atoms with Gasteiger partial charge in [0.05, 0.1) is 0 Å². The molecule has 1 aromatic rings. The van der Waals surface area contributed by atoms with Crippen molar-refractivity contribution < 1.29 is 18.0 Å². The number of aldehydes is 1. The second kappa shape index (κ2) is 5.92. The van der Waals surface area contributed by atoms with Gasteiger partial charge in [-0.15, -0.1) is 0 Å². The third-order valence-corrected chi connectivity index (χ3v) is 3.37. The number of hydrogen-bond acceptors (Lipinski definition) is 5. The normalized spacial score (nSPS) is 18.9. The highest BCUT2D eigenvalue weighted by atomic mass is 35.5. The molecule has 2 heterocycles. The number of aromatic nitrogens is 2. The van der Waals surface area contributed by atoms with E-state index in [-0.39, 0.29) is 5.95 Å². The van der Waals surface area contributed by atoms with Gasteiger partial charge in [0.1, 0.15) is 11.2 Å². The summed E-state index contributed by atoms with van der Waals surface area (Å²) in [6.07, 6.45) is -2.77. The van der Waals surface area contributed by atoms with Crippen LogP contribution >= 0.6 is 11.6 Å². The topological polar surface area (TPSA) is 49.3 Å². The predicted molar refractivity (Wildman–Crippen MR) is 66.5 cm³/mol. The third-order valence-electron chi connectivity index (χ3n) is 2.99. The van der Waals surface area contributed by atoms with Crippen molar-refractivity contribution in [2.75, 3.05) is 31.1 Å².